The molecule has 24 nitrogen and oxygen atoms in total. The minimum atomic E-state index is -1.10. The number of aryl methyl sites for hydroxylation is 7. The molecule has 0 saturated heterocycles. The summed E-state index contributed by atoms with van der Waals surface area (Å²) in [7, 11) is 0. The van der Waals surface area contributed by atoms with Crippen LogP contribution in [0.25, 0.3) is 17.1 Å². The number of amides is 3. The van der Waals surface area contributed by atoms with Crippen molar-refractivity contribution < 1.29 is 34.2 Å². The van der Waals surface area contributed by atoms with Crippen molar-refractivity contribution >= 4 is 277 Å². The van der Waals surface area contributed by atoms with E-state index in [4.69, 9.17) is 161 Å². The number of aliphatic imine (C=N–C) groups is 1. The molecule has 0 spiro atoms. The molecule has 5 fully saturated rings. The maximum Gasteiger partial charge on any atom is 0.335 e. The summed E-state index contributed by atoms with van der Waals surface area (Å²) in [4.78, 5) is 61.4. The summed E-state index contributed by atoms with van der Waals surface area (Å²) in [5, 5.41) is 56.6. The molecule has 3 aromatic heterocycles. The molecule has 0 bridgehead atoms. The van der Waals surface area contributed by atoms with Crippen LogP contribution in [0.2, 0.25) is 45.2 Å². The molecule has 5 saturated carbocycles. The van der Waals surface area contributed by atoms with Crippen LogP contribution in [-0.4, -0.2) is 107 Å². The van der Waals surface area contributed by atoms with Crippen LogP contribution in [0.4, 0.5) is 46.0 Å². The number of aromatic nitrogens is 9. The van der Waals surface area contributed by atoms with Gasteiger partial charge in [0.1, 0.15) is 5.88 Å². The van der Waals surface area contributed by atoms with Crippen LogP contribution in [0, 0.1) is 53.2 Å². The highest BCUT2D eigenvalue weighted by atomic mass is 79.9. The second-order valence-electron chi connectivity index (χ2n) is 31.4. The topological polar surface area (TPSA) is 373 Å². The third kappa shape index (κ3) is 28.3. The second-order valence-corrected chi connectivity index (χ2v) is 39.4. The Bertz CT molecular complexity index is 6340. The van der Waals surface area contributed by atoms with Gasteiger partial charge in [-0.2, -0.15) is 4.99 Å². The minimum absolute atomic E-state index is 0.00592. The molecule has 5 aliphatic rings. The Balaban J connectivity index is 0.000000154. The van der Waals surface area contributed by atoms with Crippen molar-refractivity contribution in [2.75, 3.05) is 56.3 Å². The van der Waals surface area contributed by atoms with Gasteiger partial charge in [0.2, 0.25) is 39.1 Å². The van der Waals surface area contributed by atoms with Crippen molar-refractivity contribution in [3.05, 3.63) is 264 Å². The molecule has 17 rings (SSSR count). The van der Waals surface area contributed by atoms with Crippen molar-refractivity contribution in [2.45, 2.75) is 153 Å². The number of hydrogen-bond donors (Lipinski definition) is 10. The van der Waals surface area contributed by atoms with Gasteiger partial charge in [0.05, 0.1) is 124 Å². The molecule has 0 atom stereocenters. The number of H-pyrrole nitrogens is 1. The minimum Gasteiger partial charge on any atom is -0.478 e. The van der Waals surface area contributed by atoms with E-state index in [9.17, 15) is 24.0 Å². The number of carboxylic acid groups (broad SMARTS) is 2. The number of nitrogens with two attached hydrogens (primary N) is 4. The highest BCUT2D eigenvalue weighted by Crippen LogP contribution is 2.48. The van der Waals surface area contributed by atoms with Crippen LogP contribution in [-0.2, 0) is 14.4 Å². The molecule has 5 aliphatic carbocycles. The first-order valence-corrected chi connectivity index (χ1v) is 48.9. The fraction of sp³-hybridized carbons (Fsp3) is 0.275. The zero-order valence-corrected chi connectivity index (χ0v) is 85.1. The summed E-state index contributed by atoms with van der Waals surface area (Å²) in [6.07, 6.45) is 12.5. The number of nitrogen functional groups attached to an aromatic ring is 4. The number of halogens is 12. The van der Waals surface area contributed by atoms with Crippen molar-refractivity contribution in [1.29, 1.82) is 0 Å². The van der Waals surface area contributed by atoms with E-state index in [2.05, 4.69) is 131 Å². The highest BCUT2D eigenvalue weighted by molar-refractivity contribution is 9.10. The number of rotatable bonds is 21. The Kier molecular flexibility index (Phi) is 36.7. The van der Waals surface area contributed by atoms with E-state index < -0.39 is 17.8 Å². The molecular weight excluding hydrogens is 2090 g/mol. The van der Waals surface area contributed by atoms with Gasteiger partial charge in [-0.15, -0.1) is 37.1 Å². The molecule has 0 aliphatic heterocycles. The predicted molar refractivity (Wildman–Crippen MR) is 548 cm³/mol. The lowest BCUT2D eigenvalue weighted by Crippen LogP contribution is -2.15. The number of nitrogens with one attached hydrogen (secondary N) is 4. The number of carbonyl (C=O) groups is 5. The molecule has 0 radical (unpaired) electrons. The van der Waals surface area contributed by atoms with Gasteiger partial charge in [0.15, 0.2) is 10.3 Å². The van der Waals surface area contributed by atoms with Crippen molar-refractivity contribution in [3.8, 4) is 17.1 Å². The Morgan fingerprint density at radius 3 is 1.19 bits per heavy atom. The van der Waals surface area contributed by atoms with Gasteiger partial charge in [-0.3, -0.25) is 28.1 Å². The summed E-state index contributed by atoms with van der Waals surface area (Å²) in [5.74, 6) is 0.693. The molecule has 12 aromatic rings. The standard InChI is InChI=1S/C21H19BrCl2N4OS.C21H19Cl2N5O3S.C12H13ClN4S.C11H10ClNS.C10H12ClN.C9H7Cl2NO3.C7H7BrClN/c1-11-3-6-17(15(23)7-11)25-18(29)10-30-21-27-26-20(22)28(21)19-12(2)8-14(9-16(19)24)13-4-5-13;1-10-6-13(11-2-3-11)8-15(23)18(10)28-20(24)26-27-21(28)32-9-17(29)25-16-5-4-12(19(30)31)7-14(16)22;1-6-4-8(7-2-3-7)5-9(13)10(6)17-11(14)15-16-12(17)18;1-7-4-9(8-2-3-8)5-10(12)11(7)13-6-14;1-6-4-8(7-2-3-7)5-9(11)10(6)12;10-4-8(13)12-7-2-1-5(9(14)15)3-6(7)11;1-4-2-5(8)3-6(9)7(4)10/h3,6-9,13H,4-5,10H2,1-2H3,(H,25,29);4-8,11H,2-3,9H2,1H3,(H2,24,26)(H,25,29)(H,30,31);4-5,7H,2-3H2,1H3,(H2,14,15)(H,16,18);4-5,8H,2-3H2,1H3;4-5,7H,2-3,12H2,1H3;1-3H,4H2,(H,12,13)(H,14,15);2-3H,10H2,1H3. The van der Waals surface area contributed by atoms with Gasteiger partial charge in [-0.1, -0.05) is 180 Å². The first-order valence-electron chi connectivity index (χ1n) is 40.5. The third-order valence-electron chi connectivity index (χ3n) is 21.0. The maximum atomic E-state index is 12.5. The van der Waals surface area contributed by atoms with E-state index in [1.807, 2.05) is 102 Å². The highest BCUT2D eigenvalue weighted by Gasteiger charge is 2.31. The Hall–Kier alpha value is -8.47. The van der Waals surface area contributed by atoms with E-state index in [0.717, 1.165) is 89.8 Å². The SMILES string of the molecule is Cc1cc(Br)cc(Cl)c1N.Cc1cc(C2CC2)cc(Cl)c1-n1c(N)n[nH]c1=S.Cc1cc(C2CC2)cc(Cl)c1-n1c(N)nnc1SCC(=O)Nc1ccc(C(=O)O)cc1Cl.Cc1cc(C2CC2)cc(Cl)c1N.Cc1cc(C2CC2)cc(Cl)c1N=C=S.Cc1ccc(NC(=O)CSc2nnc(Br)n2-c2c(C)cc(C3CC3)cc2Cl)c(Cl)c1.O=C(CCl)Nc1ccc(C(=O)O)cc1Cl. The van der Waals surface area contributed by atoms with E-state index >= 15 is 0 Å². The molecule has 3 amide bonds. The molecule has 14 N–H and O–H groups in total. The average molecular weight is 2170 g/mol. The fourth-order valence-corrected chi connectivity index (χ4v) is 19.3. The largest absolute Gasteiger partial charge is 0.478 e. The number of alkyl halides is 1. The number of carboxylic acids is 2. The molecule has 131 heavy (non-hydrogen) atoms. The van der Waals surface area contributed by atoms with Crippen molar-refractivity contribution in [1.82, 2.24) is 44.3 Å². The number of hydrogen-bond acceptors (Lipinski definition) is 19. The normalized spacial score (nSPS) is 13.4. The van der Waals surface area contributed by atoms with Gasteiger partial charge < -0.3 is 49.1 Å². The van der Waals surface area contributed by atoms with Crippen LogP contribution in [0.1, 0.15) is 181 Å². The number of aromatic amines is 1. The number of thiocarbonyl (C=S) groups is 1. The van der Waals surface area contributed by atoms with Gasteiger partial charge in [0, 0.05) is 4.47 Å². The molecule has 3 heterocycles. The summed E-state index contributed by atoms with van der Waals surface area (Å²) in [5.41, 5.74) is 42.8. The third-order valence-corrected chi connectivity index (χ3v) is 27.1. The number of isothiocyanates is 1. The van der Waals surface area contributed by atoms with Gasteiger partial charge >= 0.3 is 11.9 Å². The van der Waals surface area contributed by atoms with Crippen LogP contribution in [0.15, 0.2) is 152 Å². The smallest absolute Gasteiger partial charge is 0.335 e. The lowest BCUT2D eigenvalue weighted by molar-refractivity contribution is -0.114. The number of thioether (sulfide) groups is 2. The summed E-state index contributed by atoms with van der Waals surface area (Å²) < 4.78 is 7.10. The fourth-order valence-electron chi connectivity index (χ4n) is 13.5. The van der Waals surface area contributed by atoms with Gasteiger partial charge in [-0.05, 0) is 340 Å². The summed E-state index contributed by atoms with van der Waals surface area (Å²) >= 11 is 79.7. The Morgan fingerprint density at radius 1 is 0.450 bits per heavy atom. The first kappa shape index (κ1) is 103. The number of benzene rings is 9. The van der Waals surface area contributed by atoms with E-state index in [1.54, 1.807) is 21.3 Å². The maximum absolute atomic E-state index is 12.5. The summed E-state index contributed by atoms with van der Waals surface area (Å²) in [6, 6.07) is 38.0. The lowest BCUT2D eigenvalue weighted by Gasteiger charge is -2.15. The monoisotopic (exact) mass is 2170 g/mol. The molecule has 9 aromatic carbocycles. The molecule has 0 unspecified atom stereocenters. The molecular formula is C91H87Br2Cl10N17O7S4. The predicted octanol–water partition coefficient (Wildman–Crippen LogP) is 27.3. The number of carbonyl (C=O) groups excluding carboxylic acids is 3. The number of anilines is 7. The number of nitrogens with zero attached hydrogens (tertiary/aromatic N) is 9. The Labute approximate surface area is 842 Å². The number of aromatic carboxylic acids is 2. The summed E-state index contributed by atoms with van der Waals surface area (Å²) in [6.45, 7) is 13.9. The van der Waals surface area contributed by atoms with E-state index in [0.29, 0.717) is 107 Å². The van der Waals surface area contributed by atoms with Crippen LogP contribution >= 0.6 is 196 Å². The van der Waals surface area contributed by atoms with E-state index in [-0.39, 0.29) is 56.3 Å². The van der Waals surface area contributed by atoms with Gasteiger partial charge in [0.25, 0.3) is 0 Å². The zero-order valence-electron chi connectivity index (χ0n) is 71.1. The van der Waals surface area contributed by atoms with Crippen LogP contribution in [0.3, 0.4) is 0 Å². The van der Waals surface area contributed by atoms with Crippen LogP contribution in [0.5, 0.6) is 0 Å². The van der Waals surface area contributed by atoms with Gasteiger partial charge in [-0.25, -0.2) is 14.7 Å². The molecule has 40 heteroatoms. The first-order chi connectivity index (χ1) is 62.2. The van der Waals surface area contributed by atoms with E-state index in [1.165, 1.54) is 140 Å². The average Bonchev–Trinajstić information content (AvgIpc) is 1.43. The Morgan fingerprint density at radius 2 is 0.817 bits per heavy atom. The zero-order chi connectivity index (χ0) is 95.3. The van der Waals surface area contributed by atoms with Crippen LogP contribution < -0.4 is 38.9 Å². The second kappa shape index (κ2) is 46.7. The molecule has 686 valence electrons. The lowest BCUT2D eigenvalue weighted by atomic mass is 10.1. The quantitative estimate of drug-likeness (QED) is 0.0105. The van der Waals surface area contributed by atoms with Crippen molar-refractivity contribution in [3.63, 3.8) is 0 Å². The van der Waals surface area contributed by atoms with Crippen molar-refractivity contribution in [2.24, 2.45) is 4.99 Å².